The number of oxazole rings is 1. The molecule has 1 N–H and O–H groups in total. The SMILES string of the molecule is COc1ccc(C)cc1[C@H](C)NC(=O)CCc1nc2ccccc2o1. The van der Waals surface area contributed by atoms with E-state index in [1.54, 1.807) is 7.11 Å². The molecule has 5 nitrogen and oxygen atoms in total. The van der Waals surface area contributed by atoms with Crippen LogP contribution in [0.25, 0.3) is 11.1 Å². The molecular formula is C20H22N2O3. The van der Waals surface area contributed by atoms with Gasteiger partial charge in [0.25, 0.3) is 0 Å². The average molecular weight is 338 g/mol. The summed E-state index contributed by atoms with van der Waals surface area (Å²) in [6.45, 7) is 3.97. The number of rotatable bonds is 6. The summed E-state index contributed by atoms with van der Waals surface area (Å²) in [6.07, 6.45) is 0.795. The molecular weight excluding hydrogens is 316 g/mol. The van der Waals surface area contributed by atoms with Gasteiger partial charge in [0, 0.05) is 18.4 Å². The summed E-state index contributed by atoms with van der Waals surface area (Å²) in [5, 5.41) is 3.01. The molecule has 0 unspecified atom stereocenters. The van der Waals surface area contributed by atoms with Gasteiger partial charge in [-0.15, -0.1) is 0 Å². The number of fused-ring (bicyclic) bond motifs is 1. The summed E-state index contributed by atoms with van der Waals surface area (Å²) in [5.74, 6) is 1.31. The molecule has 130 valence electrons. The molecule has 0 bridgehead atoms. The molecule has 1 aromatic heterocycles. The summed E-state index contributed by atoms with van der Waals surface area (Å²) in [5.41, 5.74) is 3.66. The van der Waals surface area contributed by atoms with E-state index in [2.05, 4.69) is 10.3 Å². The molecule has 1 atom stereocenters. The first-order valence-electron chi connectivity index (χ1n) is 8.35. The smallest absolute Gasteiger partial charge is 0.220 e. The fourth-order valence-electron chi connectivity index (χ4n) is 2.83. The lowest BCUT2D eigenvalue weighted by Gasteiger charge is -2.18. The minimum Gasteiger partial charge on any atom is -0.496 e. The van der Waals surface area contributed by atoms with Crippen LogP contribution in [-0.4, -0.2) is 18.0 Å². The number of para-hydroxylation sites is 2. The first-order valence-corrected chi connectivity index (χ1v) is 8.35. The molecule has 0 aliphatic carbocycles. The van der Waals surface area contributed by atoms with Crippen molar-refractivity contribution in [3.63, 3.8) is 0 Å². The van der Waals surface area contributed by atoms with Crippen molar-refractivity contribution in [3.8, 4) is 5.75 Å². The van der Waals surface area contributed by atoms with E-state index in [0.717, 1.165) is 28.0 Å². The van der Waals surface area contributed by atoms with E-state index in [9.17, 15) is 4.79 Å². The molecule has 0 radical (unpaired) electrons. The van der Waals surface area contributed by atoms with Gasteiger partial charge in [-0.25, -0.2) is 4.98 Å². The topological polar surface area (TPSA) is 64.4 Å². The maximum atomic E-state index is 12.3. The van der Waals surface area contributed by atoms with Gasteiger partial charge in [-0.1, -0.05) is 29.8 Å². The fraction of sp³-hybridized carbons (Fsp3) is 0.300. The van der Waals surface area contributed by atoms with E-state index < -0.39 is 0 Å². The second-order valence-corrected chi connectivity index (χ2v) is 6.11. The van der Waals surface area contributed by atoms with Gasteiger partial charge in [0.05, 0.1) is 13.2 Å². The highest BCUT2D eigenvalue weighted by molar-refractivity contribution is 5.77. The van der Waals surface area contributed by atoms with Crippen LogP contribution in [0.1, 0.15) is 36.4 Å². The van der Waals surface area contributed by atoms with Crippen molar-refractivity contribution in [3.05, 3.63) is 59.5 Å². The molecule has 0 saturated carbocycles. The van der Waals surface area contributed by atoms with Crippen LogP contribution >= 0.6 is 0 Å². The van der Waals surface area contributed by atoms with Gasteiger partial charge in [0.1, 0.15) is 11.3 Å². The standard InChI is InChI=1S/C20H22N2O3/c1-13-8-9-17(24-3)15(12-13)14(2)21-19(23)10-11-20-22-16-6-4-5-7-18(16)25-20/h4-9,12,14H,10-11H2,1-3H3,(H,21,23)/t14-/m0/s1. The van der Waals surface area contributed by atoms with Crippen molar-refractivity contribution in [2.45, 2.75) is 32.7 Å². The first kappa shape index (κ1) is 17.0. The second-order valence-electron chi connectivity index (χ2n) is 6.11. The Bertz CT molecular complexity index is 853. The normalized spacial score (nSPS) is 12.1. The number of hydrogen-bond donors (Lipinski definition) is 1. The first-order chi connectivity index (χ1) is 12.1. The molecule has 2 aromatic carbocycles. The monoisotopic (exact) mass is 338 g/mol. The van der Waals surface area contributed by atoms with Crippen LogP contribution in [-0.2, 0) is 11.2 Å². The fourth-order valence-corrected chi connectivity index (χ4v) is 2.83. The Hall–Kier alpha value is -2.82. The number of methoxy groups -OCH3 is 1. The number of carbonyl (C=O) groups is 1. The average Bonchev–Trinajstić information content (AvgIpc) is 3.03. The van der Waals surface area contributed by atoms with Gasteiger partial charge in [-0.05, 0) is 32.0 Å². The molecule has 25 heavy (non-hydrogen) atoms. The van der Waals surface area contributed by atoms with E-state index in [1.807, 2.05) is 56.3 Å². The largest absolute Gasteiger partial charge is 0.496 e. The number of aromatic nitrogens is 1. The van der Waals surface area contributed by atoms with E-state index in [4.69, 9.17) is 9.15 Å². The van der Waals surface area contributed by atoms with Crippen LogP contribution in [0.5, 0.6) is 5.75 Å². The van der Waals surface area contributed by atoms with Crippen molar-refractivity contribution < 1.29 is 13.9 Å². The van der Waals surface area contributed by atoms with Crippen LogP contribution in [0.4, 0.5) is 0 Å². The Morgan fingerprint density at radius 1 is 1.28 bits per heavy atom. The van der Waals surface area contributed by atoms with Crippen LogP contribution in [0.2, 0.25) is 0 Å². The van der Waals surface area contributed by atoms with E-state index in [1.165, 1.54) is 0 Å². The molecule has 3 rings (SSSR count). The molecule has 0 aliphatic heterocycles. The lowest BCUT2D eigenvalue weighted by molar-refractivity contribution is -0.121. The third-order valence-electron chi connectivity index (χ3n) is 4.13. The molecule has 0 saturated heterocycles. The Morgan fingerprint density at radius 2 is 2.08 bits per heavy atom. The number of carbonyl (C=O) groups excluding carboxylic acids is 1. The highest BCUT2D eigenvalue weighted by Gasteiger charge is 2.15. The Labute approximate surface area is 147 Å². The van der Waals surface area contributed by atoms with Crippen LogP contribution < -0.4 is 10.1 Å². The predicted molar refractivity (Wildman–Crippen MR) is 96.6 cm³/mol. The number of ether oxygens (including phenoxy) is 1. The minimum atomic E-state index is -0.133. The number of hydrogen-bond acceptors (Lipinski definition) is 4. The summed E-state index contributed by atoms with van der Waals surface area (Å²) >= 11 is 0. The zero-order chi connectivity index (χ0) is 17.8. The van der Waals surface area contributed by atoms with Crippen LogP contribution in [0.15, 0.2) is 46.9 Å². The van der Waals surface area contributed by atoms with Crippen molar-refractivity contribution in [2.75, 3.05) is 7.11 Å². The number of amides is 1. The Kier molecular flexibility index (Phi) is 5.03. The molecule has 1 amide bonds. The maximum absolute atomic E-state index is 12.3. The predicted octanol–water partition coefficient (Wildman–Crippen LogP) is 3.95. The lowest BCUT2D eigenvalue weighted by Crippen LogP contribution is -2.27. The van der Waals surface area contributed by atoms with Crippen molar-refractivity contribution in [2.24, 2.45) is 0 Å². The highest BCUT2D eigenvalue weighted by Crippen LogP contribution is 2.26. The third-order valence-corrected chi connectivity index (χ3v) is 4.13. The van der Waals surface area contributed by atoms with Crippen molar-refractivity contribution >= 4 is 17.0 Å². The highest BCUT2D eigenvalue weighted by atomic mass is 16.5. The lowest BCUT2D eigenvalue weighted by atomic mass is 10.0. The third kappa shape index (κ3) is 3.99. The van der Waals surface area contributed by atoms with Gasteiger partial charge in [0.15, 0.2) is 11.5 Å². The van der Waals surface area contributed by atoms with Crippen LogP contribution in [0.3, 0.4) is 0 Å². The molecule has 3 aromatic rings. The van der Waals surface area contributed by atoms with E-state index in [0.29, 0.717) is 18.7 Å². The van der Waals surface area contributed by atoms with E-state index in [-0.39, 0.29) is 11.9 Å². The van der Waals surface area contributed by atoms with Gasteiger partial charge in [-0.2, -0.15) is 0 Å². The summed E-state index contributed by atoms with van der Waals surface area (Å²) in [4.78, 5) is 16.7. The van der Waals surface area contributed by atoms with Gasteiger partial charge in [0.2, 0.25) is 5.91 Å². The van der Waals surface area contributed by atoms with Gasteiger partial charge >= 0.3 is 0 Å². The Morgan fingerprint density at radius 3 is 2.84 bits per heavy atom. The minimum absolute atomic E-state index is 0.0432. The molecule has 1 heterocycles. The summed E-state index contributed by atoms with van der Waals surface area (Å²) < 4.78 is 11.0. The molecule has 5 heteroatoms. The zero-order valence-electron chi connectivity index (χ0n) is 14.7. The van der Waals surface area contributed by atoms with Gasteiger partial charge < -0.3 is 14.5 Å². The van der Waals surface area contributed by atoms with Crippen molar-refractivity contribution in [1.82, 2.24) is 10.3 Å². The van der Waals surface area contributed by atoms with Crippen LogP contribution in [0, 0.1) is 6.92 Å². The number of nitrogens with zero attached hydrogens (tertiary/aromatic N) is 1. The summed E-state index contributed by atoms with van der Waals surface area (Å²) in [7, 11) is 1.63. The maximum Gasteiger partial charge on any atom is 0.220 e. The Balaban J connectivity index is 1.61. The molecule has 0 fully saturated rings. The van der Waals surface area contributed by atoms with E-state index >= 15 is 0 Å². The van der Waals surface area contributed by atoms with Gasteiger partial charge in [-0.3, -0.25) is 4.79 Å². The molecule has 0 aliphatic rings. The summed E-state index contributed by atoms with van der Waals surface area (Å²) in [6, 6.07) is 13.4. The van der Waals surface area contributed by atoms with Crippen molar-refractivity contribution in [1.29, 1.82) is 0 Å². The number of aryl methyl sites for hydroxylation is 2. The second kappa shape index (κ2) is 7.38. The zero-order valence-corrected chi connectivity index (χ0v) is 14.7. The number of benzene rings is 2. The molecule has 0 spiro atoms. The quantitative estimate of drug-likeness (QED) is 0.739. The number of nitrogens with one attached hydrogen (secondary N) is 1.